The summed E-state index contributed by atoms with van der Waals surface area (Å²) in [6, 6.07) is 8.99. The highest BCUT2D eigenvalue weighted by Gasteiger charge is 2.28. The van der Waals surface area contributed by atoms with Gasteiger partial charge < -0.3 is 20.1 Å². The number of nitrogens with zero attached hydrogens (tertiary/aromatic N) is 1. The van der Waals surface area contributed by atoms with Crippen molar-refractivity contribution >= 4 is 27.4 Å². The van der Waals surface area contributed by atoms with E-state index in [2.05, 4.69) is 22.0 Å². The number of likely N-dealkylation sites (tertiary alicyclic amines) is 1. The van der Waals surface area contributed by atoms with Crippen molar-refractivity contribution in [2.24, 2.45) is 0 Å². The third-order valence-corrected chi connectivity index (χ3v) is 7.90. The van der Waals surface area contributed by atoms with E-state index in [0.717, 1.165) is 24.9 Å². The minimum atomic E-state index is -4.08. The molecular weight excluding hydrogens is 454 g/mol. The second-order valence-electron chi connectivity index (χ2n) is 8.58. The molecule has 2 aromatic rings. The molecule has 2 aromatic carbocycles. The predicted molar refractivity (Wildman–Crippen MR) is 135 cm³/mol. The first-order valence-electron chi connectivity index (χ1n) is 11.7. The van der Waals surface area contributed by atoms with Crippen molar-refractivity contribution in [2.45, 2.75) is 56.9 Å². The van der Waals surface area contributed by atoms with Crippen molar-refractivity contribution < 1.29 is 23.1 Å². The van der Waals surface area contributed by atoms with Gasteiger partial charge in [-0.1, -0.05) is 32.0 Å². The Kier molecular flexibility index (Phi) is 8.43. The Balaban J connectivity index is 1.94. The fourth-order valence-corrected chi connectivity index (χ4v) is 5.93. The van der Waals surface area contributed by atoms with Gasteiger partial charge in [-0.15, -0.1) is 0 Å². The molecule has 186 valence electrons. The van der Waals surface area contributed by atoms with Gasteiger partial charge in [-0.3, -0.25) is 4.72 Å². The molecule has 1 heterocycles. The molecule has 9 heteroatoms. The van der Waals surface area contributed by atoms with Crippen LogP contribution in [0.2, 0.25) is 0 Å². The predicted octanol–water partition coefficient (Wildman–Crippen LogP) is 4.22. The van der Waals surface area contributed by atoms with Crippen LogP contribution in [-0.2, 0) is 22.9 Å². The number of hydrogen-bond donors (Lipinski definition) is 3. The summed E-state index contributed by atoms with van der Waals surface area (Å²) in [6.07, 6.45) is 4.27. The smallest absolute Gasteiger partial charge is 0.341 e. The van der Waals surface area contributed by atoms with Crippen LogP contribution in [0.1, 0.15) is 54.6 Å². The molecule has 34 heavy (non-hydrogen) atoms. The van der Waals surface area contributed by atoms with Gasteiger partial charge in [0.2, 0.25) is 0 Å². The normalized spacial score (nSPS) is 16.4. The number of carbonyl (C=O) groups is 1. The molecule has 8 nitrogen and oxygen atoms in total. The van der Waals surface area contributed by atoms with E-state index >= 15 is 0 Å². The Morgan fingerprint density at radius 3 is 2.50 bits per heavy atom. The molecule has 3 rings (SSSR count). The number of para-hydroxylation sites is 1. The van der Waals surface area contributed by atoms with Crippen molar-refractivity contribution in [3.05, 3.63) is 47.0 Å². The quantitative estimate of drug-likeness (QED) is 0.434. The first-order chi connectivity index (χ1) is 16.2. The Hall–Kier alpha value is -2.78. The summed E-state index contributed by atoms with van der Waals surface area (Å²) in [5.74, 6) is -1.07. The van der Waals surface area contributed by atoms with E-state index in [1.165, 1.54) is 19.6 Å². The summed E-state index contributed by atoms with van der Waals surface area (Å²) >= 11 is 0. The molecule has 0 aromatic heterocycles. The second kappa shape index (κ2) is 11.1. The maximum atomic E-state index is 13.5. The molecule has 0 spiro atoms. The molecule has 0 aliphatic carbocycles. The average molecular weight is 490 g/mol. The third-order valence-electron chi connectivity index (χ3n) is 6.50. The van der Waals surface area contributed by atoms with Crippen LogP contribution >= 0.6 is 0 Å². The standard InChI is InChI=1S/C25H35N3O5S/c1-5-17-16-18(6-2)24(33-4)22(25(29)30)23(17)27-34(31,32)21-12-8-7-11-20(21)26-14-13-19-10-9-15-28(19)3/h7-8,11-12,16,19,26-27H,5-6,9-10,13-15H2,1-4H3,(H,29,30). The highest BCUT2D eigenvalue weighted by atomic mass is 32.2. The number of aryl methyl sites for hydroxylation is 2. The zero-order valence-electron chi connectivity index (χ0n) is 20.3. The molecular formula is C25H35N3O5S. The first-order valence-corrected chi connectivity index (χ1v) is 13.2. The van der Waals surface area contributed by atoms with E-state index in [9.17, 15) is 18.3 Å². The van der Waals surface area contributed by atoms with Crippen LogP contribution in [0.25, 0.3) is 0 Å². The third kappa shape index (κ3) is 5.47. The van der Waals surface area contributed by atoms with Crippen LogP contribution in [0.4, 0.5) is 11.4 Å². The van der Waals surface area contributed by atoms with Crippen LogP contribution in [-0.4, -0.2) is 57.7 Å². The molecule has 3 N–H and O–H groups in total. The van der Waals surface area contributed by atoms with E-state index in [1.807, 2.05) is 19.9 Å². The zero-order valence-corrected chi connectivity index (χ0v) is 21.2. The number of anilines is 2. The number of benzene rings is 2. The van der Waals surface area contributed by atoms with Gasteiger partial charge in [0.1, 0.15) is 16.2 Å². The SMILES string of the molecule is CCc1cc(CC)c(OC)c(C(=O)O)c1NS(=O)(=O)c1ccccc1NCCC1CCCN1C. The molecule has 1 atom stereocenters. The van der Waals surface area contributed by atoms with E-state index in [-0.39, 0.29) is 21.9 Å². The first kappa shape index (κ1) is 25.8. The van der Waals surface area contributed by atoms with Gasteiger partial charge in [0, 0.05) is 12.6 Å². The van der Waals surface area contributed by atoms with Crippen molar-refractivity contribution in [3.8, 4) is 5.75 Å². The highest BCUT2D eigenvalue weighted by Crippen LogP contribution is 2.37. The average Bonchev–Trinajstić information content (AvgIpc) is 3.22. The molecule has 0 radical (unpaired) electrons. The number of ether oxygens (including phenoxy) is 1. The van der Waals surface area contributed by atoms with Crippen LogP contribution < -0.4 is 14.8 Å². The number of sulfonamides is 1. The second-order valence-corrected chi connectivity index (χ2v) is 10.2. The monoisotopic (exact) mass is 489 g/mol. The Morgan fingerprint density at radius 2 is 1.91 bits per heavy atom. The number of methoxy groups -OCH3 is 1. The number of aromatic carboxylic acids is 1. The topological polar surface area (TPSA) is 108 Å². The van der Waals surface area contributed by atoms with Gasteiger partial charge in [0.25, 0.3) is 10.0 Å². The molecule has 0 saturated carbocycles. The van der Waals surface area contributed by atoms with Crippen LogP contribution in [0.15, 0.2) is 35.2 Å². The van der Waals surface area contributed by atoms with Gasteiger partial charge >= 0.3 is 5.97 Å². The lowest BCUT2D eigenvalue weighted by atomic mass is 9.98. The van der Waals surface area contributed by atoms with Crippen LogP contribution in [0.5, 0.6) is 5.75 Å². The minimum absolute atomic E-state index is 0.0476. The van der Waals surface area contributed by atoms with E-state index < -0.39 is 16.0 Å². The van der Waals surface area contributed by atoms with E-state index in [1.54, 1.807) is 18.2 Å². The summed E-state index contributed by atoms with van der Waals surface area (Å²) < 4.78 is 35.0. The molecule has 1 aliphatic rings. The maximum Gasteiger partial charge on any atom is 0.341 e. The zero-order chi connectivity index (χ0) is 24.9. The number of carboxylic acids is 1. The Morgan fingerprint density at radius 1 is 1.21 bits per heavy atom. The fourth-order valence-electron chi connectivity index (χ4n) is 4.63. The number of nitrogens with one attached hydrogen (secondary N) is 2. The minimum Gasteiger partial charge on any atom is -0.495 e. The van der Waals surface area contributed by atoms with Crippen molar-refractivity contribution in [3.63, 3.8) is 0 Å². The molecule has 1 saturated heterocycles. The van der Waals surface area contributed by atoms with Gasteiger partial charge in [-0.2, -0.15) is 0 Å². The van der Waals surface area contributed by atoms with E-state index in [4.69, 9.17) is 4.74 Å². The lowest BCUT2D eigenvalue weighted by molar-refractivity contribution is 0.0694. The molecule has 0 amide bonds. The summed E-state index contributed by atoms with van der Waals surface area (Å²) in [5.41, 5.74) is 1.69. The number of rotatable bonds is 11. The van der Waals surface area contributed by atoms with Gasteiger partial charge in [0.15, 0.2) is 0 Å². The molecule has 0 bridgehead atoms. The van der Waals surface area contributed by atoms with Gasteiger partial charge in [-0.05, 0) is 69.0 Å². The molecule has 1 fully saturated rings. The largest absolute Gasteiger partial charge is 0.495 e. The van der Waals surface area contributed by atoms with Crippen molar-refractivity contribution in [1.82, 2.24) is 4.90 Å². The Labute approximate surface area is 202 Å². The van der Waals surface area contributed by atoms with E-state index in [0.29, 0.717) is 36.7 Å². The van der Waals surface area contributed by atoms with Crippen LogP contribution in [0, 0.1) is 0 Å². The maximum absolute atomic E-state index is 13.5. The summed E-state index contributed by atoms with van der Waals surface area (Å²) in [4.78, 5) is 14.6. The molecule has 1 unspecified atom stereocenters. The Bertz CT molecular complexity index is 1130. The summed E-state index contributed by atoms with van der Waals surface area (Å²) in [5, 5.41) is 13.2. The lowest BCUT2D eigenvalue weighted by Crippen LogP contribution is -2.27. The van der Waals surface area contributed by atoms with Crippen molar-refractivity contribution in [1.29, 1.82) is 0 Å². The lowest BCUT2D eigenvalue weighted by Gasteiger charge is -2.21. The fraction of sp³-hybridized carbons (Fsp3) is 0.480. The van der Waals surface area contributed by atoms with Gasteiger partial charge in [-0.25, -0.2) is 13.2 Å². The summed E-state index contributed by atoms with van der Waals surface area (Å²) in [6.45, 7) is 5.49. The highest BCUT2D eigenvalue weighted by molar-refractivity contribution is 7.93. The van der Waals surface area contributed by atoms with Gasteiger partial charge in [0.05, 0.1) is 18.5 Å². The summed E-state index contributed by atoms with van der Waals surface area (Å²) in [7, 11) is -0.570. The number of hydrogen-bond acceptors (Lipinski definition) is 6. The van der Waals surface area contributed by atoms with Crippen LogP contribution in [0.3, 0.4) is 0 Å². The van der Waals surface area contributed by atoms with Crippen molar-refractivity contribution in [2.75, 3.05) is 37.3 Å². The number of carboxylic acid groups (broad SMARTS) is 1. The molecule has 1 aliphatic heterocycles.